The van der Waals surface area contributed by atoms with Crippen molar-refractivity contribution in [2.75, 3.05) is 37.3 Å². The average molecular weight is 554 g/mol. The summed E-state index contributed by atoms with van der Waals surface area (Å²) < 4.78 is 6.18. The van der Waals surface area contributed by atoms with Crippen LogP contribution >= 0.6 is 0 Å². The van der Waals surface area contributed by atoms with E-state index in [2.05, 4.69) is 47.7 Å². The molecule has 4 heterocycles. The van der Waals surface area contributed by atoms with Crippen molar-refractivity contribution in [2.45, 2.75) is 31.3 Å². The molecule has 3 N–H and O–H groups in total. The summed E-state index contributed by atoms with van der Waals surface area (Å²) in [4.78, 5) is 41.8. The molecule has 1 atom stereocenters. The third-order valence-electron chi connectivity index (χ3n) is 7.22. The van der Waals surface area contributed by atoms with E-state index in [1.165, 1.54) is 12.8 Å². The highest BCUT2D eigenvalue weighted by atomic mass is 16.5. The summed E-state index contributed by atoms with van der Waals surface area (Å²) in [5, 5.41) is 14.2. The van der Waals surface area contributed by atoms with Crippen LogP contribution in [-0.2, 0) is 4.79 Å². The van der Waals surface area contributed by atoms with Gasteiger partial charge in [-0.2, -0.15) is 5.10 Å². The highest BCUT2D eigenvalue weighted by Crippen LogP contribution is 2.33. The van der Waals surface area contributed by atoms with Crippen LogP contribution in [0.3, 0.4) is 0 Å². The molecule has 1 unspecified atom stereocenters. The Balaban J connectivity index is 1.09. The molecule has 2 fully saturated rings. The topological polar surface area (TPSA) is 141 Å². The van der Waals surface area contributed by atoms with Crippen molar-refractivity contribution in [1.82, 2.24) is 34.9 Å². The number of nitrogens with zero attached hydrogens (tertiary/aromatic N) is 6. The third kappa shape index (κ3) is 6.33. The van der Waals surface area contributed by atoms with E-state index in [4.69, 9.17) is 4.74 Å². The highest BCUT2D eigenvalue weighted by molar-refractivity contribution is 6.03. The van der Waals surface area contributed by atoms with Crippen molar-refractivity contribution in [3.8, 4) is 11.5 Å². The van der Waals surface area contributed by atoms with Gasteiger partial charge in [0.2, 0.25) is 11.9 Å². The van der Waals surface area contributed by atoms with Crippen molar-refractivity contribution < 1.29 is 14.3 Å². The molecule has 6 rings (SSSR count). The smallest absolute Gasteiger partial charge is 0.258 e. The summed E-state index contributed by atoms with van der Waals surface area (Å²) in [5.41, 5.74) is 1.03. The zero-order chi connectivity index (χ0) is 28.2. The summed E-state index contributed by atoms with van der Waals surface area (Å²) in [5.74, 6) is 1.68. The number of hydrogen-bond acceptors (Lipinski definition) is 9. The van der Waals surface area contributed by atoms with E-state index in [1.54, 1.807) is 61.1 Å². The first-order valence-electron chi connectivity index (χ1n) is 13.6. The minimum Gasteiger partial charge on any atom is -0.456 e. The Morgan fingerprint density at radius 3 is 2.68 bits per heavy atom. The number of amides is 2. The molecule has 1 saturated carbocycles. The van der Waals surface area contributed by atoms with Gasteiger partial charge in [0.25, 0.3) is 5.91 Å². The number of pyridine rings is 1. The van der Waals surface area contributed by atoms with Gasteiger partial charge in [0.15, 0.2) is 11.5 Å². The number of likely N-dealkylation sites (tertiary alicyclic amines) is 1. The van der Waals surface area contributed by atoms with Crippen molar-refractivity contribution in [1.29, 1.82) is 0 Å². The number of carbonyl (C=O) groups is 2. The van der Waals surface area contributed by atoms with Gasteiger partial charge in [-0.25, -0.2) is 15.0 Å². The number of hydrogen-bond donors (Lipinski definition) is 3. The summed E-state index contributed by atoms with van der Waals surface area (Å²) in [6.45, 7) is 2.06. The fourth-order valence-corrected chi connectivity index (χ4v) is 4.81. The molecule has 1 aliphatic carbocycles. The van der Waals surface area contributed by atoms with Crippen molar-refractivity contribution >= 4 is 34.6 Å². The van der Waals surface area contributed by atoms with E-state index >= 15 is 0 Å². The largest absolute Gasteiger partial charge is 0.456 e. The Morgan fingerprint density at radius 1 is 1.10 bits per heavy atom. The Labute approximate surface area is 236 Å². The number of likely N-dealkylation sites (N-methyl/N-ethyl adjacent to an activating group) is 1. The predicted octanol–water partition coefficient (Wildman–Crippen LogP) is 3.46. The molecule has 0 bridgehead atoms. The van der Waals surface area contributed by atoms with Gasteiger partial charge in [0, 0.05) is 68.0 Å². The number of aromatic amines is 1. The number of H-pyrrole nitrogens is 1. The molecular weight excluding hydrogens is 522 g/mol. The fraction of sp³-hybridized carbons (Fsp3) is 0.310. The van der Waals surface area contributed by atoms with Crippen LogP contribution in [0.2, 0.25) is 0 Å². The lowest BCUT2D eigenvalue weighted by Gasteiger charge is -2.16. The van der Waals surface area contributed by atoms with Crippen LogP contribution in [0.1, 0.15) is 29.6 Å². The lowest BCUT2D eigenvalue weighted by Crippen LogP contribution is -2.30. The normalized spacial score (nSPS) is 16.9. The van der Waals surface area contributed by atoms with E-state index in [9.17, 15) is 9.59 Å². The van der Waals surface area contributed by atoms with Crippen molar-refractivity contribution in [3.63, 3.8) is 0 Å². The standard InChI is InChI=1S/C29H31N9O3/c1-37(21-7-8-21)16-2-4-24(39)38-17-12-20(18-38)33-27-25-23(11-15-30-26(25)35-36-27)41-22-9-5-19(6-10-22)28(40)34-29-31-13-3-14-32-29/h2-6,9-11,13-15,20-21H,7-8,12,16-18H2,1H3,(H2,30,33,35,36)(H,31,32,34,40)/b4-2+. The Bertz CT molecular complexity index is 1550. The van der Waals surface area contributed by atoms with E-state index in [0.29, 0.717) is 53.0 Å². The molecule has 210 valence electrons. The van der Waals surface area contributed by atoms with Crippen LogP contribution < -0.4 is 15.4 Å². The SMILES string of the molecule is CN(C/C=C/C(=O)N1CCC(Nc2n[nH]c3nccc(Oc4ccc(C(=O)Nc5ncccn5)cc4)c23)C1)C1CC1. The lowest BCUT2D eigenvalue weighted by molar-refractivity contribution is -0.125. The van der Waals surface area contributed by atoms with E-state index in [0.717, 1.165) is 13.0 Å². The fourth-order valence-electron chi connectivity index (χ4n) is 4.81. The van der Waals surface area contributed by atoms with Crippen LogP contribution in [0.5, 0.6) is 11.5 Å². The molecular formula is C29H31N9O3. The monoisotopic (exact) mass is 553 g/mol. The summed E-state index contributed by atoms with van der Waals surface area (Å²) >= 11 is 0. The molecule has 3 aromatic heterocycles. The Kier molecular flexibility index (Phi) is 7.54. The van der Waals surface area contributed by atoms with E-state index in [1.807, 2.05) is 11.0 Å². The second kappa shape index (κ2) is 11.7. The maximum absolute atomic E-state index is 12.7. The maximum atomic E-state index is 12.7. The quantitative estimate of drug-likeness (QED) is 0.252. The van der Waals surface area contributed by atoms with Crippen LogP contribution in [0.25, 0.3) is 11.0 Å². The van der Waals surface area contributed by atoms with Gasteiger partial charge in [-0.05, 0) is 56.6 Å². The van der Waals surface area contributed by atoms with Gasteiger partial charge >= 0.3 is 0 Å². The molecule has 2 aliphatic rings. The Hall–Kier alpha value is -4.84. The number of ether oxygens (including phenoxy) is 1. The first-order valence-corrected chi connectivity index (χ1v) is 13.6. The third-order valence-corrected chi connectivity index (χ3v) is 7.22. The first kappa shape index (κ1) is 26.4. The molecule has 12 nitrogen and oxygen atoms in total. The van der Waals surface area contributed by atoms with Gasteiger partial charge in [0.1, 0.15) is 16.9 Å². The lowest BCUT2D eigenvalue weighted by atomic mass is 10.2. The van der Waals surface area contributed by atoms with E-state index < -0.39 is 0 Å². The number of benzene rings is 1. The molecule has 12 heteroatoms. The minimum atomic E-state index is -0.319. The number of fused-ring (bicyclic) bond motifs is 1. The molecule has 1 saturated heterocycles. The van der Waals surface area contributed by atoms with Gasteiger partial charge in [-0.1, -0.05) is 6.08 Å². The Morgan fingerprint density at radius 2 is 1.90 bits per heavy atom. The zero-order valence-electron chi connectivity index (χ0n) is 22.7. The van der Waals surface area contributed by atoms with Crippen molar-refractivity contribution in [2.24, 2.45) is 0 Å². The molecule has 0 spiro atoms. The molecule has 1 aliphatic heterocycles. The molecule has 2 amide bonds. The highest BCUT2D eigenvalue weighted by Gasteiger charge is 2.27. The van der Waals surface area contributed by atoms with Crippen LogP contribution in [0.4, 0.5) is 11.8 Å². The number of rotatable bonds is 10. The number of carbonyl (C=O) groups excluding carboxylic acids is 2. The van der Waals surface area contributed by atoms with Gasteiger partial charge in [-0.15, -0.1) is 0 Å². The average Bonchev–Trinajstić information content (AvgIpc) is 3.61. The molecule has 41 heavy (non-hydrogen) atoms. The summed E-state index contributed by atoms with van der Waals surface area (Å²) in [6.07, 6.45) is 11.7. The van der Waals surface area contributed by atoms with Gasteiger partial charge in [-0.3, -0.25) is 24.9 Å². The zero-order valence-corrected chi connectivity index (χ0v) is 22.7. The second-order valence-electron chi connectivity index (χ2n) is 10.2. The summed E-state index contributed by atoms with van der Waals surface area (Å²) in [7, 11) is 2.10. The molecule has 4 aromatic rings. The number of anilines is 2. The molecule has 1 aromatic carbocycles. The second-order valence-corrected chi connectivity index (χ2v) is 10.2. The van der Waals surface area contributed by atoms with Crippen LogP contribution in [0.15, 0.2) is 67.1 Å². The first-order chi connectivity index (χ1) is 20.0. The number of aromatic nitrogens is 5. The van der Waals surface area contributed by atoms with Crippen LogP contribution in [-0.4, -0.2) is 85.5 Å². The maximum Gasteiger partial charge on any atom is 0.258 e. The number of nitrogens with one attached hydrogen (secondary N) is 3. The molecule has 0 radical (unpaired) electrons. The van der Waals surface area contributed by atoms with E-state index in [-0.39, 0.29) is 23.8 Å². The van der Waals surface area contributed by atoms with Crippen LogP contribution in [0, 0.1) is 0 Å². The van der Waals surface area contributed by atoms with Crippen molar-refractivity contribution in [3.05, 3.63) is 72.7 Å². The van der Waals surface area contributed by atoms with Gasteiger partial charge < -0.3 is 15.0 Å². The minimum absolute atomic E-state index is 0.0319. The predicted molar refractivity (Wildman–Crippen MR) is 154 cm³/mol. The summed E-state index contributed by atoms with van der Waals surface area (Å²) in [6, 6.07) is 10.9. The van der Waals surface area contributed by atoms with Gasteiger partial charge in [0.05, 0.1) is 0 Å².